The fourth-order valence-corrected chi connectivity index (χ4v) is 0.346. The molecule has 0 radical (unpaired) electrons. The van der Waals surface area contributed by atoms with Crippen LogP contribution in [0, 0.1) is 0 Å². The molecule has 9 heavy (non-hydrogen) atoms. The zero-order valence-electron chi connectivity index (χ0n) is 6.06. The molecule has 0 aromatic rings. The molecule has 0 saturated carbocycles. The molecule has 52 valence electrons. The first kappa shape index (κ1) is 8.14. The first-order valence-electron chi connectivity index (χ1n) is 2.94. The second-order valence-electron chi connectivity index (χ2n) is 1.71. The third-order valence-electron chi connectivity index (χ3n) is 0.977. The number of rotatable bonds is 1. The third-order valence-corrected chi connectivity index (χ3v) is 0.977. The van der Waals surface area contributed by atoms with Crippen LogP contribution in [0.25, 0.3) is 0 Å². The lowest BCUT2D eigenvalue weighted by atomic mass is 10.4. The van der Waals surface area contributed by atoms with E-state index in [9.17, 15) is 4.79 Å². The predicted octanol–water partition coefficient (Wildman–Crippen LogP) is 0.561. The van der Waals surface area contributed by atoms with Gasteiger partial charge in [0.1, 0.15) is 0 Å². The van der Waals surface area contributed by atoms with E-state index in [1.165, 1.54) is 0 Å². The number of carbonyl (C=O) groups is 1. The van der Waals surface area contributed by atoms with E-state index >= 15 is 0 Å². The normalized spacial score (nSPS) is 11.2. The van der Waals surface area contributed by atoms with Gasteiger partial charge in [-0.1, -0.05) is 6.92 Å². The summed E-state index contributed by atoms with van der Waals surface area (Å²) in [6.07, 6.45) is 0.507. The number of amidine groups is 1. The van der Waals surface area contributed by atoms with Gasteiger partial charge in [0.05, 0.1) is 5.84 Å². The number of aliphatic imine (C=N–C) groups is 1. The van der Waals surface area contributed by atoms with E-state index in [1.807, 2.05) is 0 Å². The predicted molar refractivity (Wildman–Crippen MR) is 37.5 cm³/mol. The lowest BCUT2D eigenvalue weighted by molar-refractivity contribution is -0.119. The molecule has 0 aromatic carbocycles. The van der Waals surface area contributed by atoms with Gasteiger partial charge in [0, 0.05) is 13.5 Å². The summed E-state index contributed by atoms with van der Waals surface area (Å²) >= 11 is 0. The summed E-state index contributed by atoms with van der Waals surface area (Å²) < 4.78 is 0. The molecule has 3 heteroatoms. The van der Waals surface area contributed by atoms with Crippen molar-refractivity contribution in [1.82, 2.24) is 5.32 Å². The maximum Gasteiger partial charge on any atom is 0.224 e. The Labute approximate surface area is 55.2 Å². The van der Waals surface area contributed by atoms with Gasteiger partial charge in [-0.2, -0.15) is 0 Å². The average Bonchev–Trinajstić information content (AvgIpc) is 1.87. The van der Waals surface area contributed by atoms with Crippen molar-refractivity contribution >= 4 is 11.7 Å². The van der Waals surface area contributed by atoms with Crippen molar-refractivity contribution < 1.29 is 4.79 Å². The van der Waals surface area contributed by atoms with Crippen molar-refractivity contribution in [3.8, 4) is 0 Å². The molecule has 0 bridgehead atoms. The molecule has 0 aliphatic carbocycles. The van der Waals surface area contributed by atoms with E-state index in [-0.39, 0.29) is 5.91 Å². The van der Waals surface area contributed by atoms with Gasteiger partial charge >= 0.3 is 0 Å². The van der Waals surface area contributed by atoms with Crippen LogP contribution in [-0.2, 0) is 4.79 Å². The van der Waals surface area contributed by atoms with Crippen LogP contribution in [0.4, 0.5) is 0 Å². The summed E-state index contributed by atoms with van der Waals surface area (Å²) in [7, 11) is 1.64. The maximum atomic E-state index is 10.6. The third kappa shape index (κ3) is 3.70. The van der Waals surface area contributed by atoms with Gasteiger partial charge in [-0.3, -0.25) is 9.79 Å². The van der Waals surface area contributed by atoms with Crippen molar-refractivity contribution in [2.75, 3.05) is 7.05 Å². The molecule has 0 fully saturated rings. The van der Waals surface area contributed by atoms with Crippen molar-refractivity contribution in [2.45, 2.75) is 20.3 Å². The minimum absolute atomic E-state index is 0.0121. The molecule has 3 nitrogen and oxygen atoms in total. The highest BCUT2D eigenvalue weighted by Gasteiger charge is 1.94. The Hall–Kier alpha value is -0.860. The number of nitrogens with zero attached hydrogens (tertiary/aromatic N) is 1. The van der Waals surface area contributed by atoms with Crippen LogP contribution >= 0.6 is 0 Å². The molecule has 0 aliphatic rings. The SMILES string of the molecule is CCC(=O)N/C(C)=N\C. The Kier molecular flexibility index (Phi) is 3.67. The van der Waals surface area contributed by atoms with Gasteiger partial charge in [-0.15, -0.1) is 0 Å². The Bertz CT molecular complexity index is 129. The topological polar surface area (TPSA) is 41.5 Å². The number of hydrogen-bond acceptors (Lipinski definition) is 2. The van der Waals surface area contributed by atoms with Crippen molar-refractivity contribution in [3.63, 3.8) is 0 Å². The molecule has 0 aliphatic heterocycles. The zero-order chi connectivity index (χ0) is 7.28. The highest BCUT2D eigenvalue weighted by Crippen LogP contribution is 1.75. The molecular weight excluding hydrogens is 116 g/mol. The lowest BCUT2D eigenvalue weighted by Crippen LogP contribution is -2.27. The van der Waals surface area contributed by atoms with Gasteiger partial charge < -0.3 is 5.32 Å². The quantitative estimate of drug-likeness (QED) is 0.407. The van der Waals surface area contributed by atoms with Gasteiger partial charge in [0.15, 0.2) is 0 Å². The Morgan fingerprint density at radius 1 is 1.67 bits per heavy atom. The summed E-state index contributed by atoms with van der Waals surface area (Å²) in [6.45, 7) is 3.56. The van der Waals surface area contributed by atoms with E-state index in [4.69, 9.17) is 0 Å². The van der Waals surface area contributed by atoms with Crippen LogP contribution in [0.5, 0.6) is 0 Å². The number of amides is 1. The number of hydrogen-bond donors (Lipinski definition) is 1. The minimum atomic E-state index is 0.0121. The fraction of sp³-hybridized carbons (Fsp3) is 0.667. The van der Waals surface area contributed by atoms with E-state index in [2.05, 4.69) is 10.3 Å². The summed E-state index contributed by atoms with van der Waals surface area (Å²) in [6, 6.07) is 0. The molecule has 0 rings (SSSR count). The number of carbonyl (C=O) groups excluding carboxylic acids is 1. The van der Waals surface area contributed by atoms with E-state index in [0.29, 0.717) is 12.3 Å². The second-order valence-corrected chi connectivity index (χ2v) is 1.71. The minimum Gasteiger partial charge on any atom is -0.315 e. The van der Waals surface area contributed by atoms with E-state index in [0.717, 1.165) is 0 Å². The van der Waals surface area contributed by atoms with Crippen LogP contribution in [0.2, 0.25) is 0 Å². The highest BCUT2D eigenvalue weighted by atomic mass is 16.1. The van der Waals surface area contributed by atoms with Crippen molar-refractivity contribution in [3.05, 3.63) is 0 Å². The van der Waals surface area contributed by atoms with E-state index < -0.39 is 0 Å². The van der Waals surface area contributed by atoms with E-state index in [1.54, 1.807) is 20.9 Å². The zero-order valence-corrected chi connectivity index (χ0v) is 6.06. The molecule has 0 saturated heterocycles. The monoisotopic (exact) mass is 128 g/mol. The van der Waals surface area contributed by atoms with Crippen LogP contribution < -0.4 is 5.32 Å². The Morgan fingerprint density at radius 3 is 2.56 bits per heavy atom. The largest absolute Gasteiger partial charge is 0.315 e. The Balaban J connectivity index is 3.60. The van der Waals surface area contributed by atoms with Gasteiger partial charge in [-0.25, -0.2) is 0 Å². The summed E-state index contributed by atoms with van der Waals surface area (Å²) in [5.41, 5.74) is 0. The standard InChI is InChI=1S/C6H12N2O/c1-4-6(9)8-5(2)7-3/h4H2,1-3H3,(H,7,8,9). The van der Waals surface area contributed by atoms with Gasteiger partial charge in [-0.05, 0) is 6.92 Å². The first-order chi connectivity index (χ1) is 4.20. The average molecular weight is 128 g/mol. The number of nitrogens with one attached hydrogen (secondary N) is 1. The molecule has 1 N–H and O–H groups in total. The molecule has 0 heterocycles. The fourth-order valence-electron chi connectivity index (χ4n) is 0.346. The summed E-state index contributed by atoms with van der Waals surface area (Å²) in [5.74, 6) is 0.681. The van der Waals surface area contributed by atoms with Crippen LogP contribution in [0.1, 0.15) is 20.3 Å². The van der Waals surface area contributed by atoms with Gasteiger partial charge in [0.2, 0.25) is 5.91 Å². The van der Waals surface area contributed by atoms with Crippen molar-refractivity contribution in [2.24, 2.45) is 4.99 Å². The summed E-state index contributed by atoms with van der Waals surface area (Å²) in [4.78, 5) is 14.4. The molecule has 1 amide bonds. The maximum absolute atomic E-state index is 10.6. The van der Waals surface area contributed by atoms with Crippen molar-refractivity contribution in [1.29, 1.82) is 0 Å². The van der Waals surface area contributed by atoms with Crippen LogP contribution in [-0.4, -0.2) is 18.8 Å². The lowest BCUT2D eigenvalue weighted by Gasteiger charge is -1.98. The molecule has 0 spiro atoms. The Morgan fingerprint density at radius 2 is 2.22 bits per heavy atom. The smallest absolute Gasteiger partial charge is 0.224 e. The second kappa shape index (κ2) is 4.06. The van der Waals surface area contributed by atoms with Crippen LogP contribution in [0.15, 0.2) is 4.99 Å². The molecule has 0 unspecified atom stereocenters. The summed E-state index contributed by atoms with van der Waals surface area (Å²) in [5, 5.41) is 2.59. The first-order valence-corrected chi connectivity index (χ1v) is 2.94. The molecule has 0 aromatic heterocycles. The van der Waals surface area contributed by atoms with Gasteiger partial charge in [0.25, 0.3) is 0 Å². The van der Waals surface area contributed by atoms with Crippen LogP contribution in [0.3, 0.4) is 0 Å². The highest BCUT2D eigenvalue weighted by molar-refractivity contribution is 5.96. The molecular formula is C6H12N2O. The molecule has 0 atom stereocenters.